The molecule has 24 heavy (non-hydrogen) atoms. The number of nitrogens with one attached hydrogen (secondary N) is 1. The molecule has 2 rings (SSSR count). The molecule has 0 saturated carbocycles. The Morgan fingerprint density at radius 2 is 2.08 bits per heavy atom. The Hall–Kier alpha value is -3.13. The molecule has 1 heterocycles. The number of rotatable bonds is 6. The lowest BCUT2D eigenvalue weighted by atomic mass is 10.2. The number of nitrogen functional groups attached to an aromatic ring is 2. The molecular formula is C16H19N5O3. The Morgan fingerprint density at radius 3 is 2.71 bits per heavy atom. The summed E-state index contributed by atoms with van der Waals surface area (Å²) in [4.78, 5) is 8.57. The molecule has 0 radical (unpaired) electrons. The SMILES string of the molecule is COC(=N)C(=Nc1cc(OCCO)c(N)cc1N)c1ccccn1. The number of pyridine rings is 1. The van der Waals surface area contributed by atoms with Gasteiger partial charge in [0.2, 0.25) is 5.90 Å². The molecule has 2 aromatic rings. The van der Waals surface area contributed by atoms with Gasteiger partial charge in [-0.3, -0.25) is 10.4 Å². The summed E-state index contributed by atoms with van der Waals surface area (Å²) in [5, 5.41) is 16.8. The van der Waals surface area contributed by atoms with E-state index < -0.39 is 0 Å². The fraction of sp³-hybridized carbons (Fsp3) is 0.188. The first kappa shape index (κ1) is 17.2. The highest BCUT2D eigenvalue weighted by molar-refractivity contribution is 6.44. The van der Waals surface area contributed by atoms with Crippen molar-refractivity contribution < 1.29 is 14.6 Å². The van der Waals surface area contributed by atoms with E-state index in [1.165, 1.54) is 13.2 Å². The lowest BCUT2D eigenvalue weighted by Gasteiger charge is -2.12. The largest absolute Gasteiger partial charge is 0.489 e. The van der Waals surface area contributed by atoms with Gasteiger partial charge < -0.3 is 26.0 Å². The van der Waals surface area contributed by atoms with Crippen molar-refractivity contribution in [2.75, 3.05) is 31.8 Å². The summed E-state index contributed by atoms with van der Waals surface area (Å²) in [5.41, 5.74) is 13.5. The maximum absolute atomic E-state index is 8.87. The molecule has 0 amide bonds. The van der Waals surface area contributed by atoms with E-state index in [4.69, 9.17) is 31.5 Å². The van der Waals surface area contributed by atoms with Gasteiger partial charge in [0.05, 0.1) is 36.5 Å². The van der Waals surface area contributed by atoms with Gasteiger partial charge in [-0.2, -0.15) is 0 Å². The fourth-order valence-electron chi connectivity index (χ4n) is 1.93. The minimum atomic E-state index is -0.150. The number of methoxy groups -OCH3 is 1. The highest BCUT2D eigenvalue weighted by Gasteiger charge is 2.14. The number of ether oxygens (including phenoxy) is 2. The van der Waals surface area contributed by atoms with E-state index in [1.54, 1.807) is 30.5 Å². The van der Waals surface area contributed by atoms with Crippen LogP contribution in [-0.2, 0) is 4.74 Å². The third kappa shape index (κ3) is 3.99. The van der Waals surface area contributed by atoms with Gasteiger partial charge in [-0.1, -0.05) is 6.07 Å². The summed E-state index contributed by atoms with van der Waals surface area (Å²) in [6.45, 7) is -0.0474. The van der Waals surface area contributed by atoms with Crippen LogP contribution in [0.15, 0.2) is 41.5 Å². The van der Waals surface area contributed by atoms with Crippen molar-refractivity contribution in [1.29, 1.82) is 5.41 Å². The number of aliphatic hydroxyl groups excluding tert-OH is 1. The van der Waals surface area contributed by atoms with Crippen molar-refractivity contribution in [3.63, 3.8) is 0 Å². The van der Waals surface area contributed by atoms with Crippen molar-refractivity contribution in [3.05, 3.63) is 42.2 Å². The van der Waals surface area contributed by atoms with Gasteiger partial charge in [-0.05, 0) is 18.2 Å². The summed E-state index contributed by atoms with van der Waals surface area (Å²) in [6, 6.07) is 8.31. The van der Waals surface area contributed by atoms with Crippen molar-refractivity contribution in [2.45, 2.75) is 0 Å². The molecule has 0 aliphatic heterocycles. The van der Waals surface area contributed by atoms with Gasteiger partial charge in [0, 0.05) is 12.3 Å². The van der Waals surface area contributed by atoms with E-state index in [1.807, 2.05) is 0 Å². The highest BCUT2D eigenvalue weighted by Crippen LogP contribution is 2.33. The van der Waals surface area contributed by atoms with Crippen molar-refractivity contribution in [1.82, 2.24) is 4.98 Å². The summed E-state index contributed by atoms with van der Waals surface area (Å²) < 4.78 is 10.3. The summed E-state index contributed by atoms with van der Waals surface area (Å²) in [7, 11) is 1.38. The van der Waals surface area contributed by atoms with Gasteiger partial charge in [-0.25, -0.2) is 4.99 Å². The summed E-state index contributed by atoms with van der Waals surface area (Å²) >= 11 is 0. The molecule has 0 saturated heterocycles. The molecule has 6 N–H and O–H groups in total. The number of hydrogen-bond acceptors (Lipinski definition) is 8. The molecule has 1 aromatic heterocycles. The molecule has 0 aliphatic rings. The third-order valence-corrected chi connectivity index (χ3v) is 3.07. The first-order chi connectivity index (χ1) is 11.6. The lowest BCUT2D eigenvalue weighted by molar-refractivity contribution is 0.202. The Labute approximate surface area is 139 Å². The van der Waals surface area contributed by atoms with Crippen LogP contribution >= 0.6 is 0 Å². The van der Waals surface area contributed by atoms with Crippen molar-refractivity contribution >= 4 is 28.7 Å². The second-order valence-corrected chi connectivity index (χ2v) is 4.73. The zero-order valence-electron chi connectivity index (χ0n) is 13.2. The van der Waals surface area contributed by atoms with Crippen LogP contribution < -0.4 is 16.2 Å². The molecule has 126 valence electrons. The topological polar surface area (TPSA) is 140 Å². The third-order valence-electron chi connectivity index (χ3n) is 3.07. The number of anilines is 2. The van der Waals surface area contributed by atoms with Crippen molar-refractivity contribution in [3.8, 4) is 5.75 Å². The van der Waals surface area contributed by atoms with Crippen LogP contribution in [0, 0.1) is 5.41 Å². The summed E-state index contributed by atoms with van der Waals surface area (Å²) in [5.74, 6) is 0.198. The molecule has 0 aliphatic carbocycles. The van der Waals surface area contributed by atoms with E-state index in [0.29, 0.717) is 28.5 Å². The van der Waals surface area contributed by atoms with E-state index in [9.17, 15) is 0 Å². The first-order valence-corrected chi connectivity index (χ1v) is 7.12. The molecule has 8 nitrogen and oxygen atoms in total. The quantitative estimate of drug-likeness (QED) is 0.358. The number of aliphatic imine (C=N–C) groups is 1. The minimum absolute atomic E-state index is 0.0955. The number of benzene rings is 1. The molecule has 0 bridgehead atoms. The lowest BCUT2D eigenvalue weighted by Crippen LogP contribution is -2.17. The van der Waals surface area contributed by atoms with E-state index in [0.717, 1.165) is 0 Å². The average Bonchev–Trinajstić information content (AvgIpc) is 2.60. The maximum atomic E-state index is 8.87. The van der Waals surface area contributed by atoms with Crippen LogP contribution in [0.25, 0.3) is 0 Å². The van der Waals surface area contributed by atoms with E-state index >= 15 is 0 Å². The zero-order chi connectivity index (χ0) is 17.5. The molecular weight excluding hydrogens is 310 g/mol. The van der Waals surface area contributed by atoms with Gasteiger partial charge in [0.25, 0.3) is 0 Å². The maximum Gasteiger partial charge on any atom is 0.234 e. The average molecular weight is 329 g/mol. The Balaban J connectivity index is 2.50. The van der Waals surface area contributed by atoms with Gasteiger partial charge >= 0.3 is 0 Å². The number of nitrogens with zero attached hydrogens (tertiary/aromatic N) is 2. The molecule has 0 atom stereocenters. The van der Waals surface area contributed by atoms with Crippen LogP contribution in [0.1, 0.15) is 5.69 Å². The second kappa shape index (κ2) is 7.93. The van der Waals surface area contributed by atoms with Crippen LogP contribution in [0.3, 0.4) is 0 Å². The normalized spacial score (nSPS) is 11.2. The Kier molecular flexibility index (Phi) is 5.69. The number of aromatic nitrogens is 1. The molecule has 0 fully saturated rings. The van der Waals surface area contributed by atoms with Crippen LogP contribution in [0.2, 0.25) is 0 Å². The summed E-state index contributed by atoms with van der Waals surface area (Å²) in [6.07, 6.45) is 1.59. The van der Waals surface area contributed by atoms with E-state index in [2.05, 4.69) is 9.98 Å². The predicted molar refractivity (Wildman–Crippen MR) is 93.0 cm³/mol. The van der Waals surface area contributed by atoms with Gasteiger partial charge in [-0.15, -0.1) is 0 Å². The van der Waals surface area contributed by atoms with Crippen LogP contribution in [0.5, 0.6) is 5.75 Å². The molecule has 0 spiro atoms. The minimum Gasteiger partial charge on any atom is -0.489 e. The fourth-order valence-corrected chi connectivity index (χ4v) is 1.93. The monoisotopic (exact) mass is 329 g/mol. The van der Waals surface area contributed by atoms with Gasteiger partial charge in [0.1, 0.15) is 12.4 Å². The predicted octanol–water partition coefficient (Wildman–Crippen LogP) is 1.36. The van der Waals surface area contributed by atoms with Crippen LogP contribution in [-0.4, -0.2) is 42.0 Å². The first-order valence-electron chi connectivity index (χ1n) is 7.12. The highest BCUT2D eigenvalue weighted by atomic mass is 16.5. The number of aliphatic hydroxyl groups is 1. The number of nitrogens with two attached hydrogens (primary N) is 2. The molecule has 1 aromatic carbocycles. The molecule has 8 heteroatoms. The smallest absolute Gasteiger partial charge is 0.234 e. The zero-order valence-corrected chi connectivity index (χ0v) is 13.2. The van der Waals surface area contributed by atoms with Crippen molar-refractivity contribution in [2.24, 2.45) is 4.99 Å². The Morgan fingerprint density at radius 1 is 1.29 bits per heavy atom. The van der Waals surface area contributed by atoms with E-state index in [-0.39, 0.29) is 24.8 Å². The number of hydrogen-bond donors (Lipinski definition) is 4. The second-order valence-electron chi connectivity index (χ2n) is 4.73. The Bertz CT molecular complexity index is 747. The van der Waals surface area contributed by atoms with Gasteiger partial charge in [0.15, 0.2) is 5.71 Å². The molecule has 0 unspecified atom stereocenters. The standard InChI is InChI=1S/C16H19N5O3/c1-23-16(19)15(12-4-2-3-5-20-12)21-13-9-14(24-7-6-22)11(18)8-10(13)17/h2-5,8-9,19,22H,6-7,17-18H2,1H3. The van der Waals surface area contributed by atoms with Crippen LogP contribution in [0.4, 0.5) is 17.1 Å².